The van der Waals surface area contributed by atoms with Crippen LogP contribution in [0.5, 0.6) is 0 Å². The van der Waals surface area contributed by atoms with Crippen molar-refractivity contribution in [2.75, 3.05) is 13.1 Å². The highest BCUT2D eigenvalue weighted by Gasteiger charge is 2.22. The molecule has 6 heteroatoms. The maximum absolute atomic E-state index is 4.47. The normalized spacial score (nSPS) is 18.6. The fourth-order valence-corrected chi connectivity index (χ4v) is 3.27. The Balaban J connectivity index is 1.42. The van der Waals surface area contributed by atoms with E-state index in [1.807, 2.05) is 36.8 Å². The summed E-state index contributed by atoms with van der Waals surface area (Å²) >= 11 is 0. The summed E-state index contributed by atoms with van der Waals surface area (Å²) in [7, 11) is 0. The Morgan fingerprint density at radius 3 is 2.75 bits per heavy atom. The van der Waals surface area contributed by atoms with Gasteiger partial charge in [-0.15, -0.1) is 0 Å². The molecule has 1 N–H and O–H groups in total. The third kappa shape index (κ3) is 3.33. The topological polar surface area (TPSA) is 70.6 Å². The lowest BCUT2D eigenvalue weighted by atomic mass is 9.95. The molecule has 4 heterocycles. The molecule has 1 saturated heterocycles. The lowest BCUT2D eigenvalue weighted by Gasteiger charge is -2.32. The maximum atomic E-state index is 4.47. The minimum atomic E-state index is 0.537. The van der Waals surface area contributed by atoms with Gasteiger partial charge in [0.2, 0.25) is 0 Å². The zero-order valence-electron chi connectivity index (χ0n) is 13.5. The van der Waals surface area contributed by atoms with E-state index >= 15 is 0 Å². The second-order valence-electron chi connectivity index (χ2n) is 6.22. The van der Waals surface area contributed by atoms with Crippen LogP contribution in [0.4, 0.5) is 0 Å². The highest BCUT2D eigenvalue weighted by Crippen LogP contribution is 2.26. The van der Waals surface area contributed by atoms with E-state index < -0.39 is 0 Å². The van der Waals surface area contributed by atoms with Gasteiger partial charge >= 0.3 is 0 Å². The van der Waals surface area contributed by atoms with Gasteiger partial charge in [0, 0.05) is 55.1 Å². The van der Waals surface area contributed by atoms with Crippen molar-refractivity contribution in [2.45, 2.75) is 25.3 Å². The van der Waals surface area contributed by atoms with E-state index in [0.717, 1.165) is 30.9 Å². The third-order valence-corrected chi connectivity index (χ3v) is 4.47. The number of aromatic amines is 1. The highest BCUT2D eigenvalue weighted by molar-refractivity contribution is 5.47. The largest absolute Gasteiger partial charge is 0.298 e. The standard InChI is InChI=1S/C18H20N6/c1-2-7-19-17(5-1)18-20-10-14(11-21-18)12-24-9-3-4-15(13-24)16-6-8-22-23-16/h1-2,5-8,10-11,15H,3-4,9,12-13H2,(H,22,23). The van der Waals surface area contributed by atoms with Crippen molar-refractivity contribution in [3.05, 3.63) is 60.3 Å². The molecule has 1 aliphatic heterocycles. The second kappa shape index (κ2) is 6.88. The summed E-state index contributed by atoms with van der Waals surface area (Å²) in [6.45, 7) is 3.05. The molecule has 3 aromatic rings. The van der Waals surface area contributed by atoms with Crippen LogP contribution < -0.4 is 0 Å². The van der Waals surface area contributed by atoms with E-state index in [2.05, 4.69) is 36.1 Å². The second-order valence-corrected chi connectivity index (χ2v) is 6.22. The van der Waals surface area contributed by atoms with Gasteiger partial charge in [0.1, 0.15) is 5.69 Å². The Labute approximate surface area is 141 Å². The minimum absolute atomic E-state index is 0.537. The molecule has 1 fully saturated rings. The summed E-state index contributed by atoms with van der Waals surface area (Å²) in [4.78, 5) is 15.7. The van der Waals surface area contributed by atoms with Crippen LogP contribution in [0.2, 0.25) is 0 Å². The molecule has 0 saturated carbocycles. The van der Waals surface area contributed by atoms with Gasteiger partial charge < -0.3 is 0 Å². The number of pyridine rings is 1. The van der Waals surface area contributed by atoms with Crippen molar-refractivity contribution in [3.63, 3.8) is 0 Å². The quantitative estimate of drug-likeness (QED) is 0.800. The lowest BCUT2D eigenvalue weighted by Crippen LogP contribution is -2.34. The van der Waals surface area contributed by atoms with Crippen molar-refractivity contribution in [2.24, 2.45) is 0 Å². The minimum Gasteiger partial charge on any atom is -0.298 e. The molecule has 122 valence electrons. The number of hydrogen-bond acceptors (Lipinski definition) is 5. The zero-order chi connectivity index (χ0) is 16.2. The molecule has 0 amide bonds. The van der Waals surface area contributed by atoms with Crippen LogP contribution in [0.25, 0.3) is 11.5 Å². The number of H-pyrrole nitrogens is 1. The van der Waals surface area contributed by atoms with E-state index in [9.17, 15) is 0 Å². The number of piperidine rings is 1. The molecular weight excluding hydrogens is 300 g/mol. The van der Waals surface area contributed by atoms with Gasteiger partial charge in [-0.2, -0.15) is 5.10 Å². The van der Waals surface area contributed by atoms with Gasteiger partial charge in [0.05, 0.1) is 0 Å². The van der Waals surface area contributed by atoms with Gasteiger partial charge in [-0.25, -0.2) is 9.97 Å². The van der Waals surface area contributed by atoms with Crippen LogP contribution in [-0.2, 0) is 6.54 Å². The number of nitrogens with zero attached hydrogens (tertiary/aromatic N) is 5. The van der Waals surface area contributed by atoms with Crippen LogP contribution in [0, 0.1) is 0 Å². The summed E-state index contributed by atoms with van der Waals surface area (Å²) in [6, 6.07) is 7.85. The molecule has 1 unspecified atom stereocenters. The Hall–Kier alpha value is -2.60. The smallest absolute Gasteiger partial charge is 0.178 e. The van der Waals surface area contributed by atoms with Gasteiger partial charge in [-0.1, -0.05) is 6.07 Å². The Morgan fingerprint density at radius 2 is 2.00 bits per heavy atom. The molecule has 0 spiro atoms. The first-order valence-corrected chi connectivity index (χ1v) is 8.32. The predicted octanol–water partition coefficient (Wildman–Crippen LogP) is 2.64. The van der Waals surface area contributed by atoms with Crippen LogP contribution in [0.3, 0.4) is 0 Å². The van der Waals surface area contributed by atoms with E-state index in [4.69, 9.17) is 0 Å². The Bertz CT molecular complexity index is 754. The maximum Gasteiger partial charge on any atom is 0.178 e. The Morgan fingerprint density at radius 1 is 1.08 bits per heavy atom. The molecular formula is C18H20N6. The summed E-state index contributed by atoms with van der Waals surface area (Å²) < 4.78 is 0. The number of nitrogens with one attached hydrogen (secondary N) is 1. The van der Waals surface area contributed by atoms with Gasteiger partial charge in [-0.3, -0.25) is 15.0 Å². The summed E-state index contributed by atoms with van der Waals surface area (Å²) in [5, 5.41) is 7.18. The van der Waals surface area contributed by atoms with E-state index in [-0.39, 0.29) is 0 Å². The average Bonchev–Trinajstić information content (AvgIpc) is 3.18. The molecule has 6 nitrogen and oxygen atoms in total. The van der Waals surface area contributed by atoms with Crippen molar-refractivity contribution in [3.8, 4) is 11.5 Å². The number of aromatic nitrogens is 5. The third-order valence-electron chi connectivity index (χ3n) is 4.47. The molecule has 1 atom stereocenters. The Kier molecular flexibility index (Phi) is 4.29. The SMILES string of the molecule is c1ccc(-c2ncc(CN3CCCC(c4ccn[nH]4)C3)cn2)nc1. The summed E-state index contributed by atoms with van der Waals surface area (Å²) in [6.07, 6.45) is 9.84. The molecule has 1 aliphatic rings. The van der Waals surface area contributed by atoms with Gasteiger partial charge in [0.25, 0.3) is 0 Å². The van der Waals surface area contributed by atoms with Crippen LogP contribution in [-0.4, -0.2) is 43.1 Å². The number of hydrogen-bond donors (Lipinski definition) is 1. The summed E-state index contributed by atoms with van der Waals surface area (Å²) in [5.41, 5.74) is 3.18. The molecule has 0 aliphatic carbocycles. The molecule has 0 aromatic carbocycles. The van der Waals surface area contributed by atoms with Crippen molar-refractivity contribution >= 4 is 0 Å². The van der Waals surface area contributed by atoms with E-state index in [1.54, 1.807) is 6.20 Å². The van der Waals surface area contributed by atoms with Crippen LogP contribution >= 0.6 is 0 Å². The first kappa shape index (κ1) is 15.0. The fourth-order valence-electron chi connectivity index (χ4n) is 3.27. The van der Waals surface area contributed by atoms with Crippen LogP contribution in [0.15, 0.2) is 49.1 Å². The average molecular weight is 320 g/mol. The van der Waals surface area contributed by atoms with Crippen molar-refractivity contribution in [1.82, 2.24) is 30.0 Å². The molecule has 4 rings (SSSR count). The molecule has 0 radical (unpaired) electrons. The highest BCUT2D eigenvalue weighted by atomic mass is 15.1. The summed E-state index contributed by atoms with van der Waals surface area (Å²) in [5.74, 6) is 1.21. The van der Waals surface area contributed by atoms with Gasteiger partial charge in [0.15, 0.2) is 5.82 Å². The molecule has 3 aromatic heterocycles. The molecule has 24 heavy (non-hydrogen) atoms. The van der Waals surface area contributed by atoms with E-state index in [0.29, 0.717) is 11.7 Å². The van der Waals surface area contributed by atoms with Crippen molar-refractivity contribution < 1.29 is 0 Å². The monoisotopic (exact) mass is 320 g/mol. The zero-order valence-corrected chi connectivity index (χ0v) is 13.5. The number of rotatable bonds is 4. The first-order valence-electron chi connectivity index (χ1n) is 8.32. The number of likely N-dealkylation sites (tertiary alicyclic amines) is 1. The van der Waals surface area contributed by atoms with Gasteiger partial charge in [-0.05, 0) is 37.6 Å². The fraction of sp³-hybridized carbons (Fsp3) is 0.333. The predicted molar refractivity (Wildman–Crippen MR) is 91.1 cm³/mol. The lowest BCUT2D eigenvalue weighted by molar-refractivity contribution is 0.198. The molecule has 0 bridgehead atoms. The first-order chi connectivity index (χ1) is 11.9. The van der Waals surface area contributed by atoms with E-state index in [1.165, 1.54) is 18.5 Å². The van der Waals surface area contributed by atoms with Crippen LogP contribution in [0.1, 0.15) is 30.0 Å². The van der Waals surface area contributed by atoms with Crippen molar-refractivity contribution in [1.29, 1.82) is 0 Å².